The van der Waals surface area contributed by atoms with Crippen LogP contribution in [0.1, 0.15) is 25.1 Å². The number of hydrogen-bond acceptors (Lipinski definition) is 1. The van der Waals surface area contributed by atoms with Crippen LogP contribution in [-0.4, -0.2) is 4.98 Å². The van der Waals surface area contributed by atoms with Gasteiger partial charge < -0.3 is 0 Å². The Hall–Kier alpha value is -1.11. The number of allylic oxidation sites excluding steroid dienone is 1. The molecule has 1 nitrogen and oxygen atoms in total. The van der Waals surface area contributed by atoms with E-state index in [1.165, 1.54) is 5.56 Å². The predicted octanol–water partition coefficient (Wildman–Crippen LogP) is 2.39. The number of pyridine rings is 1. The van der Waals surface area contributed by atoms with Gasteiger partial charge in [0.25, 0.3) is 0 Å². The Labute approximate surface area is 66.8 Å². The van der Waals surface area contributed by atoms with Crippen LogP contribution < -0.4 is 0 Å². The zero-order valence-corrected chi connectivity index (χ0v) is 6.89. The Morgan fingerprint density at radius 1 is 1.45 bits per heavy atom. The van der Waals surface area contributed by atoms with Crippen LogP contribution in [0.3, 0.4) is 0 Å². The Kier molecular flexibility index (Phi) is 1.04. The summed E-state index contributed by atoms with van der Waals surface area (Å²) in [6.45, 7) is 8.35. The van der Waals surface area contributed by atoms with Crippen molar-refractivity contribution in [2.24, 2.45) is 0 Å². The summed E-state index contributed by atoms with van der Waals surface area (Å²) in [6, 6.07) is 4.10. The zero-order valence-electron chi connectivity index (χ0n) is 6.89. The molecule has 56 valence electrons. The molecule has 0 radical (unpaired) electrons. The molecular weight excluding hydrogens is 134 g/mol. The maximum atomic E-state index is 4.24. The fourth-order valence-corrected chi connectivity index (χ4v) is 1.55. The lowest BCUT2D eigenvalue weighted by atomic mass is 9.66. The first-order valence-electron chi connectivity index (χ1n) is 3.79. The molecule has 0 spiro atoms. The van der Waals surface area contributed by atoms with Gasteiger partial charge in [-0.15, -0.1) is 0 Å². The van der Waals surface area contributed by atoms with Crippen molar-refractivity contribution >= 4 is 5.57 Å². The minimum Gasteiger partial charge on any atom is -0.256 e. The van der Waals surface area contributed by atoms with Gasteiger partial charge in [-0.3, -0.25) is 4.98 Å². The second-order valence-electron chi connectivity index (χ2n) is 3.50. The lowest BCUT2D eigenvalue weighted by molar-refractivity contribution is 0.635. The van der Waals surface area contributed by atoms with Crippen molar-refractivity contribution in [3.63, 3.8) is 0 Å². The molecule has 11 heavy (non-hydrogen) atoms. The molecular formula is C10H11N. The maximum Gasteiger partial charge on any atom is 0.0705 e. The molecule has 1 aliphatic rings. The quantitative estimate of drug-likeness (QED) is 0.546. The fraction of sp³-hybridized carbons (Fsp3) is 0.300. The molecule has 0 aromatic carbocycles. The van der Waals surface area contributed by atoms with E-state index < -0.39 is 0 Å². The molecule has 0 amide bonds. The first-order valence-corrected chi connectivity index (χ1v) is 3.79. The van der Waals surface area contributed by atoms with Crippen LogP contribution in [0, 0.1) is 0 Å². The summed E-state index contributed by atoms with van der Waals surface area (Å²) in [5, 5.41) is 0. The van der Waals surface area contributed by atoms with Gasteiger partial charge in [0, 0.05) is 11.6 Å². The lowest BCUT2D eigenvalue weighted by Crippen LogP contribution is -2.31. The van der Waals surface area contributed by atoms with Crippen molar-refractivity contribution < 1.29 is 0 Å². The van der Waals surface area contributed by atoms with Gasteiger partial charge in [0.1, 0.15) is 0 Å². The van der Waals surface area contributed by atoms with E-state index in [4.69, 9.17) is 0 Å². The van der Waals surface area contributed by atoms with Crippen molar-refractivity contribution in [3.05, 3.63) is 36.2 Å². The average Bonchev–Trinajstić information content (AvgIpc) is 2.04. The van der Waals surface area contributed by atoms with Gasteiger partial charge in [-0.05, 0) is 17.2 Å². The zero-order chi connectivity index (χ0) is 8.06. The Balaban J connectivity index is 2.65. The van der Waals surface area contributed by atoms with Crippen LogP contribution in [0.5, 0.6) is 0 Å². The third kappa shape index (κ3) is 0.630. The molecule has 0 saturated heterocycles. The van der Waals surface area contributed by atoms with Crippen LogP contribution in [0.25, 0.3) is 5.57 Å². The minimum atomic E-state index is 0.156. The minimum absolute atomic E-state index is 0.156. The van der Waals surface area contributed by atoms with Crippen molar-refractivity contribution in [3.8, 4) is 0 Å². The largest absolute Gasteiger partial charge is 0.256 e. The Morgan fingerprint density at radius 2 is 2.18 bits per heavy atom. The Bertz CT molecular complexity index is 323. The van der Waals surface area contributed by atoms with Crippen molar-refractivity contribution in [1.29, 1.82) is 0 Å². The smallest absolute Gasteiger partial charge is 0.0705 e. The molecule has 1 aromatic heterocycles. The van der Waals surface area contributed by atoms with E-state index in [0.717, 1.165) is 11.3 Å². The third-order valence-corrected chi connectivity index (χ3v) is 2.52. The molecule has 1 heterocycles. The summed E-state index contributed by atoms with van der Waals surface area (Å²) < 4.78 is 0. The summed E-state index contributed by atoms with van der Waals surface area (Å²) in [5.74, 6) is 0. The average molecular weight is 145 g/mol. The van der Waals surface area contributed by atoms with Crippen LogP contribution >= 0.6 is 0 Å². The van der Waals surface area contributed by atoms with E-state index >= 15 is 0 Å². The standard InChI is InChI=1S/C10H11N/c1-7-9-8(10(7,2)3)5-4-6-11-9/h4-6H,1H2,2-3H3. The molecule has 0 bridgehead atoms. The van der Waals surface area contributed by atoms with Gasteiger partial charge in [0.15, 0.2) is 0 Å². The molecule has 1 heteroatoms. The number of aromatic nitrogens is 1. The van der Waals surface area contributed by atoms with E-state index in [9.17, 15) is 0 Å². The first kappa shape index (κ1) is 6.59. The molecule has 0 atom stereocenters. The van der Waals surface area contributed by atoms with E-state index in [1.807, 2.05) is 12.3 Å². The number of fused-ring (bicyclic) bond motifs is 1. The van der Waals surface area contributed by atoms with E-state index in [0.29, 0.717) is 0 Å². The molecule has 2 rings (SSSR count). The van der Waals surface area contributed by atoms with Crippen LogP contribution in [0.2, 0.25) is 0 Å². The summed E-state index contributed by atoms with van der Waals surface area (Å²) >= 11 is 0. The van der Waals surface area contributed by atoms with Crippen molar-refractivity contribution in [1.82, 2.24) is 4.98 Å². The molecule has 0 aliphatic heterocycles. The molecule has 0 fully saturated rings. The summed E-state index contributed by atoms with van der Waals surface area (Å²) in [4.78, 5) is 4.24. The Morgan fingerprint density at radius 3 is 2.82 bits per heavy atom. The topological polar surface area (TPSA) is 12.9 Å². The van der Waals surface area contributed by atoms with Crippen LogP contribution in [0.4, 0.5) is 0 Å². The van der Waals surface area contributed by atoms with Gasteiger partial charge in [-0.25, -0.2) is 0 Å². The highest BCUT2D eigenvalue weighted by atomic mass is 14.7. The number of hydrogen-bond donors (Lipinski definition) is 0. The summed E-state index contributed by atoms with van der Waals surface area (Å²) in [7, 11) is 0. The first-order chi connectivity index (χ1) is 5.14. The van der Waals surface area contributed by atoms with Gasteiger partial charge >= 0.3 is 0 Å². The highest BCUT2D eigenvalue weighted by Gasteiger charge is 2.38. The number of nitrogens with zero attached hydrogens (tertiary/aromatic N) is 1. The van der Waals surface area contributed by atoms with Crippen molar-refractivity contribution in [2.45, 2.75) is 19.3 Å². The summed E-state index contributed by atoms with van der Waals surface area (Å²) in [5.41, 5.74) is 3.74. The normalized spacial score (nSPS) is 18.9. The molecule has 0 N–H and O–H groups in total. The summed E-state index contributed by atoms with van der Waals surface area (Å²) in [6.07, 6.45) is 1.82. The highest BCUT2D eigenvalue weighted by molar-refractivity contribution is 5.83. The lowest BCUT2D eigenvalue weighted by Gasteiger charge is -2.39. The van der Waals surface area contributed by atoms with E-state index in [2.05, 4.69) is 31.5 Å². The van der Waals surface area contributed by atoms with Gasteiger partial charge in [-0.1, -0.05) is 26.5 Å². The SMILES string of the molecule is C=C1c2ncccc2C1(C)C. The highest BCUT2D eigenvalue weighted by Crippen LogP contribution is 2.47. The van der Waals surface area contributed by atoms with E-state index in [-0.39, 0.29) is 5.41 Å². The van der Waals surface area contributed by atoms with Crippen LogP contribution in [-0.2, 0) is 5.41 Å². The predicted molar refractivity (Wildman–Crippen MR) is 46.3 cm³/mol. The van der Waals surface area contributed by atoms with Crippen molar-refractivity contribution in [2.75, 3.05) is 0 Å². The second kappa shape index (κ2) is 1.73. The molecule has 0 unspecified atom stereocenters. The maximum absolute atomic E-state index is 4.24. The van der Waals surface area contributed by atoms with Crippen LogP contribution in [0.15, 0.2) is 24.9 Å². The molecule has 0 saturated carbocycles. The second-order valence-corrected chi connectivity index (χ2v) is 3.50. The van der Waals surface area contributed by atoms with Gasteiger partial charge in [0.05, 0.1) is 5.69 Å². The molecule has 1 aromatic rings. The fourth-order valence-electron chi connectivity index (χ4n) is 1.55. The van der Waals surface area contributed by atoms with E-state index in [1.54, 1.807) is 0 Å². The number of rotatable bonds is 0. The molecule has 1 aliphatic carbocycles. The third-order valence-electron chi connectivity index (χ3n) is 2.52. The van der Waals surface area contributed by atoms with Gasteiger partial charge in [0.2, 0.25) is 0 Å². The monoisotopic (exact) mass is 145 g/mol. The van der Waals surface area contributed by atoms with Gasteiger partial charge in [-0.2, -0.15) is 0 Å².